The van der Waals surface area contributed by atoms with Gasteiger partial charge < -0.3 is 5.73 Å². The van der Waals surface area contributed by atoms with Gasteiger partial charge in [0.05, 0.1) is 5.69 Å². The van der Waals surface area contributed by atoms with Gasteiger partial charge in [-0.05, 0) is 19.1 Å². The molecule has 0 radical (unpaired) electrons. The fourth-order valence-electron chi connectivity index (χ4n) is 1.16. The largest absolute Gasteiger partial charge is 0.420 e. The molecule has 15 heavy (non-hydrogen) atoms. The Morgan fingerprint density at radius 1 is 1.33 bits per heavy atom. The second-order valence-corrected chi connectivity index (χ2v) is 2.95. The molecule has 1 rings (SSSR count). The van der Waals surface area contributed by atoms with Gasteiger partial charge >= 0.3 is 6.18 Å². The summed E-state index contributed by atoms with van der Waals surface area (Å²) in [7, 11) is 0. The molecule has 0 saturated heterocycles. The van der Waals surface area contributed by atoms with Crippen molar-refractivity contribution in [2.75, 3.05) is 5.73 Å². The van der Waals surface area contributed by atoms with Gasteiger partial charge in [0, 0.05) is 5.56 Å². The van der Waals surface area contributed by atoms with Crippen molar-refractivity contribution in [3.05, 3.63) is 29.1 Å². The second-order valence-electron chi connectivity index (χ2n) is 2.95. The molecule has 0 fully saturated rings. The Kier molecular flexibility index (Phi) is 2.70. The molecule has 6 heteroatoms. The first kappa shape index (κ1) is 11.5. The maximum Gasteiger partial charge on any atom is 0.420 e. The van der Waals surface area contributed by atoms with Gasteiger partial charge in [0.2, 0.25) is 0 Å². The minimum Gasteiger partial charge on any atom is -0.396 e. The topological polar surface area (TPSA) is 43.1 Å². The molecule has 0 aliphatic carbocycles. The van der Waals surface area contributed by atoms with Gasteiger partial charge in [-0.1, -0.05) is 0 Å². The summed E-state index contributed by atoms with van der Waals surface area (Å²) in [6, 6.07) is 1.80. The van der Waals surface area contributed by atoms with E-state index in [-0.39, 0.29) is 0 Å². The van der Waals surface area contributed by atoms with Crippen molar-refractivity contribution in [1.29, 1.82) is 0 Å². The van der Waals surface area contributed by atoms with Gasteiger partial charge in [0.25, 0.3) is 0 Å². The lowest BCUT2D eigenvalue weighted by Crippen LogP contribution is -2.15. The molecule has 0 aromatic heterocycles. The smallest absolute Gasteiger partial charge is 0.396 e. The highest BCUT2D eigenvalue weighted by Crippen LogP contribution is 2.36. The Morgan fingerprint density at radius 2 is 1.87 bits per heavy atom. The van der Waals surface area contributed by atoms with Crippen molar-refractivity contribution in [3.8, 4) is 0 Å². The molecule has 0 aliphatic heterocycles. The summed E-state index contributed by atoms with van der Waals surface area (Å²) in [5.74, 6) is -2.46. The average molecular weight is 221 g/mol. The molecule has 1 aromatic carbocycles. The molecule has 0 heterocycles. The van der Waals surface area contributed by atoms with Crippen LogP contribution in [0.5, 0.6) is 0 Å². The van der Waals surface area contributed by atoms with E-state index in [0.29, 0.717) is 0 Å². The number of benzene rings is 1. The van der Waals surface area contributed by atoms with Crippen molar-refractivity contribution in [1.82, 2.24) is 0 Å². The van der Waals surface area contributed by atoms with E-state index in [0.717, 1.165) is 19.1 Å². The molecule has 0 spiro atoms. The van der Waals surface area contributed by atoms with Crippen LogP contribution in [0, 0.1) is 5.82 Å². The predicted molar refractivity (Wildman–Crippen MR) is 45.8 cm³/mol. The van der Waals surface area contributed by atoms with Gasteiger partial charge in [-0.25, -0.2) is 4.39 Å². The zero-order valence-electron chi connectivity index (χ0n) is 7.65. The first-order valence-electron chi connectivity index (χ1n) is 3.91. The number of halogens is 4. The van der Waals surface area contributed by atoms with Crippen LogP contribution in [0.15, 0.2) is 12.1 Å². The molecule has 82 valence electrons. The van der Waals surface area contributed by atoms with Crippen LogP contribution < -0.4 is 5.73 Å². The molecule has 0 saturated carbocycles. The molecule has 0 bridgehead atoms. The van der Waals surface area contributed by atoms with Crippen LogP contribution in [0.25, 0.3) is 0 Å². The number of nitrogen functional groups attached to an aromatic ring is 1. The van der Waals surface area contributed by atoms with E-state index >= 15 is 0 Å². The SMILES string of the molecule is CC(=O)c1ccc(N)c(F)c1C(F)(F)F. The zero-order valence-corrected chi connectivity index (χ0v) is 7.65. The molecule has 0 amide bonds. The summed E-state index contributed by atoms with van der Waals surface area (Å²) >= 11 is 0. The number of carbonyl (C=O) groups is 1. The Hall–Kier alpha value is -1.59. The van der Waals surface area contributed by atoms with E-state index in [9.17, 15) is 22.4 Å². The van der Waals surface area contributed by atoms with E-state index in [2.05, 4.69) is 0 Å². The average Bonchev–Trinajstić information content (AvgIpc) is 2.06. The lowest BCUT2D eigenvalue weighted by Gasteiger charge is -2.12. The van der Waals surface area contributed by atoms with E-state index in [4.69, 9.17) is 5.73 Å². The van der Waals surface area contributed by atoms with Crippen LogP contribution in [0.2, 0.25) is 0 Å². The second kappa shape index (κ2) is 3.52. The normalized spacial score (nSPS) is 11.5. The van der Waals surface area contributed by atoms with E-state index in [1.807, 2.05) is 0 Å². The van der Waals surface area contributed by atoms with Crippen molar-refractivity contribution >= 4 is 11.5 Å². The summed E-state index contributed by atoms with van der Waals surface area (Å²) in [4.78, 5) is 10.9. The Balaban J connectivity index is 3.57. The van der Waals surface area contributed by atoms with Gasteiger partial charge in [-0.2, -0.15) is 13.2 Å². The highest BCUT2D eigenvalue weighted by molar-refractivity contribution is 5.96. The fourth-order valence-corrected chi connectivity index (χ4v) is 1.16. The van der Waals surface area contributed by atoms with E-state index in [1.165, 1.54) is 0 Å². The molecule has 1 aromatic rings. The zero-order chi connectivity index (χ0) is 11.8. The Bertz CT molecular complexity index is 411. The van der Waals surface area contributed by atoms with Gasteiger partial charge in [-0.15, -0.1) is 0 Å². The van der Waals surface area contributed by atoms with Crippen molar-refractivity contribution in [2.45, 2.75) is 13.1 Å². The fraction of sp³-hybridized carbons (Fsp3) is 0.222. The monoisotopic (exact) mass is 221 g/mol. The van der Waals surface area contributed by atoms with Crippen molar-refractivity contribution in [2.24, 2.45) is 0 Å². The number of nitrogens with two attached hydrogens (primary N) is 1. The van der Waals surface area contributed by atoms with Crippen molar-refractivity contribution in [3.63, 3.8) is 0 Å². The number of alkyl halides is 3. The standard InChI is InChI=1S/C9H7F4NO/c1-4(15)5-2-3-6(14)8(10)7(5)9(11,12)13/h2-3H,14H2,1H3. The number of rotatable bonds is 1. The van der Waals surface area contributed by atoms with E-state index < -0.39 is 34.6 Å². The summed E-state index contributed by atoms with van der Waals surface area (Å²) in [6.45, 7) is 0.931. The Morgan fingerprint density at radius 3 is 2.27 bits per heavy atom. The molecular weight excluding hydrogens is 214 g/mol. The van der Waals surface area contributed by atoms with Crippen LogP contribution in [0.1, 0.15) is 22.8 Å². The van der Waals surface area contributed by atoms with Gasteiger partial charge in [0.15, 0.2) is 11.6 Å². The molecule has 2 nitrogen and oxygen atoms in total. The van der Waals surface area contributed by atoms with Crippen LogP contribution >= 0.6 is 0 Å². The summed E-state index contributed by atoms with van der Waals surface area (Å²) < 4.78 is 50.3. The molecule has 0 atom stereocenters. The summed E-state index contributed by atoms with van der Waals surface area (Å²) in [5.41, 5.74) is 2.05. The van der Waals surface area contributed by atoms with E-state index in [1.54, 1.807) is 0 Å². The number of ketones is 1. The van der Waals surface area contributed by atoms with Crippen molar-refractivity contribution < 1.29 is 22.4 Å². The summed E-state index contributed by atoms with van der Waals surface area (Å²) in [6.07, 6.45) is -4.93. The third-order valence-corrected chi connectivity index (χ3v) is 1.83. The summed E-state index contributed by atoms with van der Waals surface area (Å²) in [5, 5.41) is 0. The van der Waals surface area contributed by atoms with Gasteiger partial charge in [0.1, 0.15) is 5.56 Å². The predicted octanol–water partition coefficient (Wildman–Crippen LogP) is 2.63. The Labute approximate surface area is 82.7 Å². The lowest BCUT2D eigenvalue weighted by molar-refractivity contribution is -0.140. The molecule has 0 unspecified atom stereocenters. The maximum atomic E-state index is 13.1. The quantitative estimate of drug-likeness (QED) is 0.450. The lowest BCUT2D eigenvalue weighted by atomic mass is 10.0. The number of anilines is 1. The molecular formula is C9H7F4NO. The van der Waals surface area contributed by atoms with Crippen LogP contribution in [0.3, 0.4) is 0 Å². The first-order chi connectivity index (χ1) is 6.75. The molecule has 0 aliphatic rings. The number of carbonyl (C=O) groups excluding carboxylic acids is 1. The van der Waals surface area contributed by atoms with Crippen LogP contribution in [-0.4, -0.2) is 5.78 Å². The van der Waals surface area contributed by atoms with Gasteiger partial charge in [-0.3, -0.25) is 4.79 Å². The highest BCUT2D eigenvalue weighted by atomic mass is 19.4. The molecule has 2 N–H and O–H groups in total. The minimum atomic E-state index is -4.93. The number of hydrogen-bond acceptors (Lipinski definition) is 2. The third kappa shape index (κ3) is 2.08. The number of Topliss-reactive ketones (excluding diaryl/α,β-unsaturated/α-hetero) is 1. The highest BCUT2D eigenvalue weighted by Gasteiger charge is 2.38. The maximum absolute atomic E-state index is 13.1. The van der Waals surface area contributed by atoms with Crippen LogP contribution in [-0.2, 0) is 6.18 Å². The van der Waals surface area contributed by atoms with Crippen LogP contribution in [0.4, 0.5) is 23.2 Å². The minimum absolute atomic E-state index is 0.632. The first-order valence-corrected chi connectivity index (χ1v) is 3.91. The number of hydrogen-bond donors (Lipinski definition) is 1. The third-order valence-electron chi connectivity index (χ3n) is 1.83.